The van der Waals surface area contributed by atoms with Gasteiger partial charge in [-0.25, -0.2) is 4.98 Å². The molecule has 1 N–H and O–H groups in total. The van der Waals surface area contributed by atoms with Gasteiger partial charge in [0.25, 0.3) is 0 Å². The van der Waals surface area contributed by atoms with Gasteiger partial charge in [0.15, 0.2) is 11.5 Å². The quantitative estimate of drug-likeness (QED) is 0.937. The van der Waals surface area contributed by atoms with Crippen molar-refractivity contribution in [2.75, 3.05) is 12.1 Å². The minimum atomic E-state index is 0.248. The molecule has 2 heterocycles. The summed E-state index contributed by atoms with van der Waals surface area (Å²) in [5.74, 6) is 2.11. The van der Waals surface area contributed by atoms with E-state index in [0.717, 1.165) is 28.3 Å². The van der Waals surface area contributed by atoms with Crippen molar-refractivity contribution >= 4 is 5.82 Å². The van der Waals surface area contributed by atoms with Gasteiger partial charge in [-0.05, 0) is 31.5 Å². The number of benzene rings is 1. The van der Waals surface area contributed by atoms with Crippen LogP contribution in [-0.4, -0.2) is 11.8 Å². The minimum absolute atomic E-state index is 0.248. The summed E-state index contributed by atoms with van der Waals surface area (Å²) in [7, 11) is 0. The lowest BCUT2D eigenvalue weighted by molar-refractivity contribution is 0.173. The van der Waals surface area contributed by atoms with Crippen LogP contribution in [0.4, 0.5) is 5.82 Å². The molecule has 21 heavy (non-hydrogen) atoms. The molecule has 1 aliphatic rings. The van der Waals surface area contributed by atoms with Crippen LogP contribution in [0.5, 0.6) is 11.5 Å². The first-order chi connectivity index (χ1) is 10.2. The number of hydrogen-bond donors (Lipinski definition) is 1. The smallest absolute Gasteiger partial charge is 0.231 e. The molecule has 0 fully saturated rings. The monoisotopic (exact) mass is 281 g/mol. The van der Waals surface area contributed by atoms with Crippen molar-refractivity contribution in [3.8, 4) is 17.6 Å². The first-order valence-electron chi connectivity index (χ1n) is 6.68. The van der Waals surface area contributed by atoms with E-state index < -0.39 is 0 Å². The molecule has 5 heteroatoms. The van der Waals surface area contributed by atoms with Crippen LogP contribution in [0.15, 0.2) is 24.3 Å². The fourth-order valence-corrected chi connectivity index (χ4v) is 2.41. The summed E-state index contributed by atoms with van der Waals surface area (Å²) in [6, 6.07) is 9.87. The zero-order valence-corrected chi connectivity index (χ0v) is 11.9. The Kier molecular flexibility index (Phi) is 3.36. The maximum Gasteiger partial charge on any atom is 0.231 e. The molecule has 0 amide bonds. The summed E-state index contributed by atoms with van der Waals surface area (Å²) in [6.07, 6.45) is 0. The van der Waals surface area contributed by atoms with Gasteiger partial charge in [-0.3, -0.25) is 0 Å². The summed E-state index contributed by atoms with van der Waals surface area (Å²) < 4.78 is 10.8. The molecule has 106 valence electrons. The number of aromatic nitrogens is 1. The van der Waals surface area contributed by atoms with E-state index in [-0.39, 0.29) is 6.79 Å². The van der Waals surface area contributed by atoms with Gasteiger partial charge in [0.1, 0.15) is 11.9 Å². The highest BCUT2D eigenvalue weighted by atomic mass is 16.7. The Bertz CT molecular complexity index is 735. The molecule has 0 saturated carbocycles. The van der Waals surface area contributed by atoms with Crippen LogP contribution in [0, 0.1) is 25.2 Å². The standard InChI is InChI=1S/C16H15N3O2/c1-10-6-11(2)19-16(13(10)7-17)18-8-12-4-3-5-14-15(12)21-9-20-14/h3-6H,8-9H2,1-2H3,(H,18,19). The van der Waals surface area contributed by atoms with Gasteiger partial charge in [0, 0.05) is 17.8 Å². The second kappa shape index (κ2) is 5.33. The predicted molar refractivity (Wildman–Crippen MR) is 78.3 cm³/mol. The Morgan fingerprint density at radius 3 is 3.00 bits per heavy atom. The van der Waals surface area contributed by atoms with E-state index in [1.165, 1.54) is 0 Å². The summed E-state index contributed by atoms with van der Waals surface area (Å²) in [5.41, 5.74) is 3.36. The SMILES string of the molecule is Cc1cc(C)c(C#N)c(NCc2cccc3c2OCO3)n1. The predicted octanol–water partition coefficient (Wildman–Crippen LogP) is 2.91. The summed E-state index contributed by atoms with van der Waals surface area (Å²) in [4.78, 5) is 4.41. The largest absolute Gasteiger partial charge is 0.454 e. The third-order valence-corrected chi connectivity index (χ3v) is 3.38. The van der Waals surface area contributed by atoms with Gasteiger partial charge in [-0.15, -0.1) is 0 Å². The normalized spacial score (nSPS) is 12.0. The number of rotatable bonds is 3. The van der Waals surface area contributed by atoms with Crippen molar-refractivity contribution < 1.29 is 9.47 Å². The molecule has 1 aliphatic heterocycles. The number of fused-ring (bicyclic) bond motifs is 1. The van der Waals surface area contributed by atoms with Crippen LogP contribution >= 0.6 is 0 Å². The van der Waals surface area contributed by atoms with E-state index in [4.69, 9.17) is 9.47 Å². The molecule has 0 unspecified atom stereocenters. The number of ether oxygens (including phenoxy) is 2. The van der Waals surface area contributed by atoms with E-state index in [9.17, 15) is 5.26 Å². The first kappa shape index (κ1) is 13.3. The molecule has 0 saturated heterocycles. The highest BCUT2D eigenvalue weighted by molar-refractivity contribution is 5.57. The molecule has 0 aliphatic carbocycles. The maximum atomic E-state index is 9.27. The van der Waals surface area contributed by atoms with Gasteiger partial charge < -0.3 is 14.8 Å². The molecule has 3 rings (SSSR count). The maximum absolute atomic E-state index is 9.27. The molecular formula is C16H15N3O2. The lowest BCUT2D eigenvalue weighted by Gasteiger charge is -2.11. The molecule has 5 nitrogen and oxygen atoms in total. The van der Waals surface area contributed by atoms with Crippen molar-refractivity contribution in [2.45, 2.75) is 20.4 Å². The van der Waals surface area contributed by atoms with Crippen LogP contribution in [-0.2, 0) is 6.54 Å². The van der Waals surface area contributed by atoms with Gasteiger partial charge in [0.05, 0.1) is 5.56 Å². The number of nitrogens with zero attached hydrogens (tertiary/aromatic N) is 2. The van der Waals surface area contributed by atoms with E-state index in [1.54, 1.807) is 0 Å². The number of hydrogen-bond acceptors (Lipinski definition) is 5. The summed E-state index contributed by atoms with van der Waals surface area (Å²) >= 11 is 0. The average molecular weight is 281 g/mol. The van der Waals surface area contributed by atoms with Crippen molar-refractivity contribution in [1.29, 1.82) is 5.26 Å². The van der Waals surface area contributed by atoms with Crippen LogP contribution in [0.1, 0.15) is 22.4 Å². The zero-order valence-electron chi connectivity index (χ0n) is 11.9. The second-order valence-corrected chi connectivity index (χ2v) is 4.92. The number of anilines is 1. The van der Waals surface area contributed by atoms with E-state index in [2.05, 4.69) is 16.4 Å². The highest BCUT2D eigenvalue weighted by Crippen LogP contribution is 2.35. The Hall–Kier alpha value is -2.74. The van der Waals surface area contributed by atoms with Crippen LogP contribution in [0.3, 0.4) is 0 Å². The van der Waals surface area contributed by atoms with Crippen molar-refractivity contribution in [3.05, 3.63) is 46.6 Å². The molecule has 1 aromatic heterocycles. The van der Waals surface area contributed by atoms with E-state index in [0.29, 0.717) is 17.9 Å². The Morgan fingerprint density at radius 2 is 2.19 bits per heavy atom. The fraction of sp³-hybridized carbons (Fsp3) is 0.250. The molecule has 0 bridgehead atoms. The minimum Gasteiger partial charge on any atom is -0.454 e. The highest BCUT2D eigenvalue weighted by Gasteiger charge is 2.17. The van der Waals surface area contributed by atoms with Crippen LogP contribution in [0.25, 0.3) is 0 Å². The second-order valence-electron chi connectivity index (χ2n) is 4.92. The van der Waals surface area contributed by atoms with E-state index in [1.807, 2.05) is 38.1 Å². The number of para-hydroxylation sites is 1. The number of aryl methyl sites for hydroxylation is 2. The molecule has 0 spiro atoms. The van der Waals surface area contributed by atoms with Crippen LogP contribution in [0.2, 0.25) is 0 Å². The van der Waals surface area contributed by atoms with Gasteiger partial charge >= 0.3 is 0 Å². The Labute approximate surface area is 123 Å². The zero-order chi connectivity index (χ0) is 14.8. The Balaban J connectivity index is 1.87. The van der Waals surface area contributed by atoms with Gasteiger partial charge in [-0.2, -0.15) is 5.26 Å². The number of pyridine rings is 1. The van der Waals surface area contributed by atoms with Crippen molar-refractivity contribution in [1.82, 2.24) is 4.98 Å². The molecular weight excluding hydrogens is 266 g/mol. The van der Waals surface area contributed by atoms with Crippen LogP contribution < -0.4 is 14.8 Å². The summed E-state index contributed by atoms with van der Waals surface area (Å²) in [6.45, 7) is 4.60. The fourth-order valence-electron chi connectivity index (χ4n) is 2.41. The first-order valence-corrected chi connectivity index (χ1v) is 6.68. The lowest BCUT2D eigenvalue weighted by atomic mass is 10.1. The van der Waals surface area contributed by atoms with Crippen molar-refractivity contribution in [3.63, 3.8) is 0 Å². The lowest BCUT2D eigenvalue weighted by Crippen LogP contribution is -2.06. The molecule has 2 aromatic rings. The average Bonchev–Trinajstić information content (AvgIpc) is 2.93. The third-order valence-electron chi connectivity index (χ3n) is 3.38. The number of nitriles is 1. The topological polar surface area (TPSA) is 67.2 Å². The number of nitrogens with one attached hydrogen (secondary N) is 1. The summed E-state index contributed by atoms with van der Waals surface area (Å²) in [5, 5.41) is 12.5. The van der Waals surface area contributed by atoms with E-state index >= 15 is 0 Å². The van der Waals surface area contributed by atoms with Crippen molar-refractivity contribution in [2.24, 2.45) is 0 Å². The molecule has 1 aromatic carbocycles. The molecule has 0 atom stereocenters. The third kappa shape index (κ3) is 2.48. The Morgan fingerprint density at radius 1 is 1.33 bits per heavy atom. The molecule has 0 radical (unpaired) electrons. The van der Waals surface area contributed by atoms with Gasteiger partial charge in [-0.1, -0.05) is 12.1 Å². The van der Waals surface area contributed by atoms with Gasteiger partial charge in [0.2, 0.25) is 6.79 Å².